The number of carbonyl (C=O) groups is 1. The molecule has 0 fully saturated rings. The molecule has 1 heterocycles. The van der Waals surface area contributed by atoms with E-state index < -0.39 is 0 Å². The highest BCUT2D eigenvalue weighted by Crippen LogP contribution is 2.22. The quantitative estimate of drug-likeness (QED) is 0.491. The minimum atomic E-state index is 0.115. The molecule has 0 N–H and O–H groups in total. The lowest BCUT2D eigenvalue weighted by Gasteiger charge is -2.24. The summed E-state index contributed by atoms with van der Waals surface area (Å²) in [5, 5.41) is 9.92. The fourth-order valence-corrected chi connectivity index (χ4v) is 3.30. The number of nitriles is 1. The lowest BCUT2D eigenvalue weighted by Crippen LogP contribution is -2.35. The van der Waals surface area contributed by atoms with Crippen LogP contribution in [0.25, 0.3) is 0 Å². The molecule has 138 valence electrons. The van der Waals surface area contributed by atoms with Crippen molar-refractivity contribution in [1.82, 2.24) is 14.9 Å². The van der Waals surface area contributed by atoms with Gasteiger partial charge in [-0.25, -0.2) is 9.97 Å². The van der Waals surface area contributed by atoms with Crippen LogP contribution >= 0.6 is 11.8 Å². The van der Waals surface area contributed by atoms with Crippen LogP contribution in [0.4, 0.5) is 0 Å². The van der Waals surface area contributed by atoms with Crippen LogP contribution in [0.5, 0.6) is 0 Å². The summed E-state index contributed by atoms with van der Waals surface area (Å²) in [5.41, 5.74) is 1.14. The van der Waals surface area contributed by atoms with Crippen LogP contribution in [-0.2, 0) is 4.79 Å². The average Bonchev–Trinajstić information content (AvgIpc) is 2.51. The zero-order valence-electron chi connectivity index (χ0n) is 16.3. The zero-order valence-corrected chi connectivity index (χ0v) is 17.1. The monoisotopic (exact) mass is 362 g/mol. The first-order valence-electron chi connectivity index (χ1n) is 8.90. The summed E-state index contributed by atoms with van der Waals surface area (Å²) in [4.78, 5) is 23.2. The molecule has 6 heteroatoms. The van der Waals surface area contributed by atoms with Gasteiger partial charge in [0.2, 0.25) is 5.91 Å². The molecule has 0 aliphatic heterocycles. The lowest BCUT2D eigenvalue weighted by molar-refractivity contribution is -0.128. The molecule has 0 aliphatic rings. The standard InChI is InChI=1S/C19H30N4OS/c1-13(2)7-9-23(10-8-14(3)4)18(24)12-25-19-17(11-20)15(5)21-16(6)22-19/h13-14H,7-10,12H2,1-6H3. The number of nitrogens with zero attached hydrogens (tertiary/aromatic N) is 4. The number of hydrogen-bond acceptors (Lipinski definition) is 5. The minimum Gasteiger partial charge on any atom is -0.342 e. The molecule has 0 radical (unpaired) electrons. The van der Waals surface area contributed by atoms with Crippen molar-refractivity contribution in [3.05, 3.63) is 17.1 Å². The molecule has 0 aliphatic carbocycles. The van der Waals surface area contributed by atoms with Gasteiger partial charge >= 0.3 is 0 Å². The molecule has 0 atom stereocenters. The molecule has 0 spiro atoms. The summed E-state index contributed by atoms with van der Waals surface area (Å²) in [6.07, 6.45) is 2.01. The molecule has 25 heavy (non-hydrogen) atoms. The second-order valence-electron chi connectivity index (χ2n) is 7.18. The Morgan fingerprint density at radius 3 is 2.16 bits per heavy atom. The maximum Gasteiger partial charge on any atom is 0.232 e. The molecular formula is C19H30N4OS. The molecule has 1 rings (SSSR count). The van der Waals surface area contributed by atoms with Crippen molar-refractivity contribution in [3.63, 3.8) is 0 Å². The van der Waals surface area contributed by atoms with Crippen molar-refractivity contribution < 1.29 is 4.79 Å². The SMILES string of the molecule is Cc1nc(C)c(C#N)c(SCC(=O)N(CCC(C)C)CCC(C)C)n1. The number of aromatic nitrogens is 2. The van der Waals surface area contributed by atoms with Gasteiger partial charge in [0.25, 0.3) is 0 Å². The van der Waals surface area contributed by atoms with Gasteiger partial charge < -0.3 is 4.90 Å². The average molecular weight is 363 g/mol. The minimum absolute atomic E-state index is 0.115. The second-order valence-corrected chi connectivity index (χ2v) is 8.15. The molecule has 0 unspecified atom stereocenters. The number of carbonyl (C=O) groups excluding carboxylic acids is 1. The van der Waals surface area contributed by atoms with Gasteiger partial charge in [-0.2, -0.15) is 5.26 Å². The van der Waals surface area contributed by atoms with E-state index in [9.17, 15) is 10.1 Å². The van der Waals surface area contributed by atoms with Crippen molar-refractivity contribution in [2.45, 2.75) is 59.4 Å². The molecule has 0 aromatic carbocycles. The van der Waals surface area contributed by atoms with Crippen LogP contribution in [0.15, 0.2) is 5.03 Å². The molecule has 0 saturated carbocycles. The summed E-state index contributed by atoms with van der Waals surface area (Å²) in [6.45, 7) is 13.9. The van der Waals surface area contributed by atoms with Crippen molar-refractivity contribution in [3.8, 4) is 6.07 Å². The number of amides is 1. The van der Waals surface area contributed by atoms with Gasteiger partial charge in [-0.15, -0.1) is 0 Å². The first kappa shape index (κ1) is 21.4. The Hall–Kier alpha value is -1.61. The smallest absolute Gasteiger partial charge is 0.232 e. The summed E-state index contributed by atoms with van der Waals surface area (Å²) >= 11 is 1.34. The largest absolute Gasteiger partial charge is 0.342 e. The number of hydrogen-bond donors (Lipinski definition) is 0. The van der Waals surface area contributed by atoms with Gasteiger partial charge in [0.15, 0.2) is 0 Å². The summed E-state index contributed by atoms with van der Waals surface area (Å²) in [7, 11) is 0. The molecule has 1 aromatic rings. The maximum atomic E-state index is 12.7. The number of rotatable bonds is 9. The molecule has 0 bridgehead atoms. The van der Waals surface area contributed by atoms with Gasteiger partial charge in [-0.05, 0) is 38.5 Å². The topological polar surface area (TPSA) is 69.9 Å². The molecule has 5 nitrogen and oxygen atoms in total. The number of thioether (sulfide) groups is 1. The highest BCUT2D eigenvalue weighted by Gasteiger charge is 2.17. The van der Waals surface area contributed by atoms with E-state index in [2.05, 4.69) is 43.7 Å². The third-order valence-corrected chi connectivity index (χ3v) is 4.88. The second kappa shape index (κ2) is 10.4. The fourth-order valence-electron chi connectivity index (χ4n) is 2.33. The first-order chi connectivity index (χ1) is 11.7. The zero-order chi connectivity index (χ0) is 19.0. The van der Waals surface area contributed by atoms with Crippen LogP contribution in [-0.4, -0.2) is 39.6 Å². The van der Waals surface area contributed by atoms with Gasteiger partial charge in [-0.1, -0.05) is 39.5 Å². The highest BCUT2D eigenvalue weighted by molar-refractivity contribution is 8.00. The van der Waals surface area contributed by atoms with Crippen LogP contribution < -0.4 is 0 Å². The maximum absolute atomic E-state index is 12.7. The summed E-state index contributed by atoms with van der Waals surface area (Å²) < 4.78 is 0. The van der Waals surface area contributed by atoms with Crippen molar-refractivity contribution in [2.24, 2.45) is 11.8 Å². The number of aryl methyl sites for hydroxylation is 2. The van der Waals surface area contributed by atoms with Crippen molar-refractivity contribution >= 4 is 17.7 Å². The van der Waals surface area contributed by atoms with Gasteiger partial charge in [0, 0.05) is 13.1 Å². The molecule has 0 saturated heterocycles. The van der Waals surface area contributed by atoms with E-state index in [0.717, 1.165) is 25.9 Å². The third kappa shape index (κ3) is 7.43. The lowest BCUT2D eigenvalue weighted by atomic mass is 10.1. The Bertz CT molecular complexity index is 611. The predicted molar refractivity (Wildman–Crippen MR) is 102 cm³/mol. The Labute approximate surface area is 156 Å². The molecular weight excluding hydrogens is 332 g/mol. The normalized spacial score (nSPS) is 11.0. The van der Waals surface area contributed by atoms with Gasteiger partial charge in [-0.3, -0.25) is 4.79 Å². The Morgan fingerprint density at radius 1 is 1.12 bits per heavy atom. The first-order valence-corrected chi connectivity index (χ1v) is 9.89. The van der Waals surface area contributed by atoms with Crippen molar-refractivity contribution in [1.29, 1.82) is 5.26 Å². The summed E-state index contributed by atoms with van der Waals surface area (Å²) in [5.74, 6) is 2.19. The van der Waals surface area contributed by atoms with Gasteiger partial charge in [0.1, 0.15) is 22.5 Å². The van der Waals surface area contributed by atoms with E-state index in [0.29, 0.717) is 39.7 Å². The third-order valence-electron chi connectivity index (χ3n) is 3.92. The van der Waals surface area contributed by atoms with Crippen LogP contribution in [0, 0.1) is 37.0 Å². The predicted octanol–water partition coefficient (Wildman–Crippen LogP) is 3.98. The van der Waals surface area contributed by atoms with Crippen LogP contribution in [0.2, 0.25) is 0 Å². The van der Waals surface area contributed by atoms with E-state index in [4.69, 9.17) is 0 Å². The Kier molecular flexibility index (Phi) is 8.91. The van der Waals surface area contributed by atoms with Crippen LogP contribution in [0.3, 0.4) is 0 Å². The molecule has 1 amide bonds. The Morgan fingerprint density at radius 2 is 1.68 bits per heavy atom. The highest BCUT2D eigenvalue weighted by atomic mass is 32.2. The van der Waals surface area contributed by atoms with Gasteiger partial charge in [0.05, 0.1) is 11.4 Å². The van der Waals surface area contributed by atoms with Crippen molar-refractivity contribution in [2.75, 3.05) is 18.8 Å². The van der Waals surface area contributed by atoms with E-state index >= 15 is 0 Å². The summed E-state index contributed by atoms with van der Waals surface area (Å²) in [6, 6.07) is 2.15. The van der Waals surface area contributed by atoms with E-state index in [1.807, 2.05) is 4.90 Å². The fraction of sp³-hybridized carbons (Fsp3) is 0.684. The van der Waals surface area contributed by atoms with E-state index in [-0.39, 0.29) is 5.91 Å². The van der Waals surface area contributed by atoms with E-state index in [1.54, 1.807) is 13.8 Å². The molecule has 1 aromatic heterocycles. The Balaban J connectivity index is 2.78. The van der Waals surface area contributed by atoms with Crippen LogP contribution in [0.1, 0.15) is 57.6 Å². The van der Waals surface area contributed by atoms with E-state index in [1.165, 1.54) is 11.8 Å².